The number of rotatable bonds is 5. The molecule has 0 amide bonds. The average Bonchev–Trinajstić information content (AvgIpc) is 2.92. The summed E-state index contributed by atoms with van der Waals surface area (Å²) in [7, 11) is 2.96. The topological polar surface area (TPSA) is 84.4 Å². The largest absolute Gasteiger partial charge is 0.504 e. The van der Waals surface area contributed by atoms with Crippen molar-refractivity contribution in [3.63, 3.8) is 0 Å². The van der Waals surface area contributed by atoms with E-state index in [1.807, 2.05) is 0 Å². The molecule has 0 radical (unpaired) electrons. The summed E-state index contributed by atoms with van der Waals surface area (Å²) in [4.78, 5) is 4.19. The summed E-state index contributed by atoms with van der Waals surface area (Å²) in [6.07, 6.45) is 1.50. The molecule has 0 unspecified atom stereocenters. The number of hydrogen-bond donors (Lipinski definition) is 2. The zero-order valence-corrected chi connectivity index (χ0v) is 11.6. The molecule has 0 saturated heterocycles. The fourth-order valence-electron chi connectivity index (χ4n) is 2.16. The first kappa shape index (κ1) is 14.2. The number of fused-ring (bicyclic) bond motifs is 1. The van der Waals surface area contributed by atoms with Gasteiger partial charge in [0.2, 0.25) is 5.75 Å². The lowest BCUT2D eigenvalue weighted by atomic mass is 10.0. The van der Waals surface area contributed by atoms with E-state index in [4.69, 9.17) is 19.0 Å². The van der Waals surface area contributed by atoms with Crippen molar-refractivity contribution in [2.45, 2.75) is 6.92 Å². The smallest absolute Gasteiger partial charge is 0.205 e. The first-order valence-electron chi connectivity index (χ1n) is 6.12. The van der Waals surface area contributed by atoms with Gasteiger partial charge in [-0.3, -0.25) is 4.99 Å². The van der Waals surface area contributed by atoms with Crippen molar-refractivity contribution in [2.75, 3.05) is 27.4 Å². The Kier molecular flexibility index (Phi) is 4.14. The molecule has 0 aliphatic rings. The van der Waals surface area contributed by atoms with Crippen molar-refractivity contribution < 1.29 is 24.1 Å². The molecule has 6 nitrogen and oxygen atoms in total. The van der Waals surface area contributed by atoms with Gasteiger partial charge in [0.25, 0.3) is 0 Å². The second kappa shape index (κ2) is 5.83. The number of ether oxygens (including phenoxy) is 2. The van der Waals surface area contributed by atoms with Gasteiger partial charge >= 0.3 is 0 Å². The maximum atomic E-state index is 10.4. The summed E-state index contributed by atoms with van der Waals surface area (Å²) in [5, 5.41) is 19.9. The number of phenols is 1. The number of aliphatic imine (C=N–C) groups is 1. The van der Waals surface area contributed by atoms with Gasteiger partial charge in [0, 0.05) is 5.71 Å². The Morgan fingerprint density at radius 1 is 1.30 bits per heavy atom. The van der Waals surface area contributed by atoms with Crippen LogP contribution in [0.3, 0.4) is 0 Å². The molecule has 0 saturated carbocycles. The van der Waals surface area contributed by atoms with E-state index in [1.165, 1.54) is 20.5 Å². The van der Waals surface area contributed by atoms with E-state index < -0.39 is 0 Å². The molecule has 2 aromatic rings. The number of furan rings is 1. The van der Waals surface area contributed by atoms with Gasteiger partial charge in [-0.05, 0) is 13.0 Å². The van der Waals surface area contributed by atoms with Crippen LogP contribution in [0.25, 0.3) is 11.0 Å². The third-order valence-electron chi connectivity index (χ3n) is 3.01. The van der Waals surface area contributed by atoms with Crippen molar-refractivity contribution in [1.82, 2.24) is 0 Å². The zero-order valence-electron chi connectivity index (χ0n) is 11.6. The Labute approximate surface area is 116 Å². The van der Waals surface area contributed by atoms with Crippen molar-refractivity contribution in [3.8, 4) is 17.2 Å². The quantitative estimate of drug-likeness (QED) is 0.817. The molecule has 0 aliphatic heterocycles. The predicted octanol–water partition coefficient (Wildman–Crippen LogP) is 1.96. The van der Waals surface area contributed by atoms with Crippen molar-refractivity contribution in [3.05, 3.63) is 17.9 Å². The fraction of sp³-hybridized carbons (Fsp3) is 0.357. The minimum absolute atomic E-state index is 0.0640. The normalized spacial score (nSPS) is 11.9. The maximum absolute atomic E-state index is 10.4. The highest BCUT2D eigenvalue weighted by atomic mass is 16.5. The van der Waals surface area contributed by atoms with E-state index >= 15 is 0 Å². The summed E-state index contributed by atoms with van der Waals surface area (Å²) < 4.78 is 15.9. The Hall–Kier alpha value is -2.21. The van der Waals surface area contributed by atoms with Crippen molar-refractivity contribution >= 4 is 16.7 Å². The minimum Gasteiger partial charge on any atom is -0.504 e. The van der Waals surface area contributed by atoms with Crippen molar-refractivity contribution in [1.29, 1.82) is 0 Å². The highest BCUT2D eigenvalue weighted by Crippen LogP contribution is 2.45. The average molecular weight is 279 g/mol. The lowest BCUT2D eigenvalue weighted by Crippen LogP contribution is -2.04. The van der Waals surface area contributed by atoms with Crippen LogP contribution in [-0.4, -0.2) is 43.3 Å². The molecule has 0 aliphatic carbocycles. The van der Waals surface area contributed by atoms with Crippen LogP contribution in [0.5, 0.6) is 17.2 Å². The van der Waals surface area contributed by atoms with E-state index in [0.29, 0.717) is 28.0 Å². The number of nitrogens with zero attached hydrogens (tertiary/aromatic N) is 1. The van der Waals surface area contributed by atoms with Crippen LogP contribution < -0.4 is 9.47 Å². The SMILES string of the molecule is COc1c(C(C)=NCCO)c(O)c(OC)c2occc12. The number of aliphatic hydroxyl groups is 1. The molecule has 2 N–H and O–H groups in total. The van der Waals surface area contributed by atoms with Crippen LogP contribution in [-0.2, 0) is 0 Å². The number of hydrogen-bond acceptors (Lipinski definition) is 6. The summed E-state index contributed by atoms with van der Waals surface area (Å²) in [6.45, 7) is 1.92. The minimum atomic E-state index is -0.0917. The maximum Gasteiger partial charge on any atom is 0.205 e. The van der Waals surface area contributed by atoms with Crippen LogP contribution in [0.2, 0.25) is 0 Å². The number of benzene rings is 1. The van der Waals surface area contributed by atoms with Gasteiger partial charge in [-0.15, -0.1) is 0 Å². The summed E-state index contributed by atoms with van der Waals surface area (Å²) >= 11 is 0. The third-order valence-corrected chi connectivity index (χ3v) is 3.01. The van der Waals surface area contributed by atoms with Gasteiger partial charge in [0.05, 0.1) is 44.6 Å². The molecule has 20 heavy (non-hydrogen) atoms. The van der Waals surface area contributed by atoms with Crippen LogP contribution in [0.4, 0.5) is 0 Å². The van der Waals surface area contributed by atoms with E-state index in [0.717, 1.165) is 0 Å². The van der Waals surface area contributed by atoms with Gasteiger partial charge in [-0.2, -0.15) is 0 Å². The molecular weight excluding hydrogens is 262 g/mol. The highest BCUT2D eigenvalue weighted by molar-refractivity contribution is 6.10. The van der Waals surface area contributed by atoms with Gasteiger partial charge < -0.3 is 24.1 Å². The Morgan fingerprint density at radius 2 is 2.00 bits per heavy atom. The lowest BCUT2D eigenvalue weighted by Gasteiger charge is -2.14. The third kappa shape index (κ3) is 2.18. The second-order valence-electron chi connectivity index (χ2n) is 4.14. The lowest BCUT2D eigenvalue weighted by molar-refractivity contribution is 0.307. The number of aliphatic hydroxyl groups excluding tert-OH is 1. The predicted molar refractivity (Wildman–Crippen MR) is 75.1 cm³/mol. The van der Waals surface area contributed by atoms with E-state index in [9.17, 15) is 5.11 Å². The Balaban J connectivity index is 2.77. The Bertz CT molecular complexity index is 645. The molecular formula is C14H17NO5. The molecule has 6 heteroatoms. The number of methoxy groups -OCH3 is 2. The first-order chi connectivity index (χ1) is 9.65. The standard InChI is InChI=1S/C14H17NO5/c1-8(15-5-6-16)10-11(17)14(19-3)13-9(4-7-20-13)12(10)18-2/h4,7,16-17H,5-6H2,1-3H3. The van der Waals surface area contributed by atoms with E-state index in [1.54, 1.807) is 13.0 Å². The van der Waals surface area contributed by atoms with Crippen molar-refractivity contribution in [2.24, 2.45) is 4.99 Å². The summed E-state index contributed by atoms with van der Waals surface area (Å²) in [6, 6.07) is 1.74. The van der Waals surface area contributed by atoms with Crippen LogP contribution in [0.1, 0.15) is 12.5 Å². The molecule has 0 spiro atoms. The second-order valence-corrected chi connectivity index (χ2v) is 4.14. The monoisotopic (exact) mass is 279 g/mol. The Morgan fingerprint density at radius 3 is 2.60 bits per heavy atom. The van der Waals surface area contributed by atoms with E-state index in [-0.39, 0.29) is 24.7 Å². The molecule has 0 fully saturated rings. The van der Waals surface area contributed by atoms with Crippen LogP contribution >= 0.6 is 0 Å². The molecule has 1 heterocycles. The zero-order chi connectivity index (χ0) is 14.7. The summed E-state index contributed by atoms with van der Waals surface area (Å²) in [5.41, 5.74) is 1.40. The summed E-state index contributed by atoms with van der Waals surface area (Å²) in [5.74, 6) is 0.608. The highest BCUT2D eigenvalue weighted by Gasteiger charge is 2.24. The van der Waals surface area contributed by atoms with Gasteiger partial charge in [0.1, 0.15) is 5.75 Å². The fourth-order valence-corrected chi connectivity index (χ4v) is 2.16. The molecule has 0 bridgehead atoms. The van der Waals surface area contributed by atoms with Crippen LogP contribution in [0.15, 0.2) is 21.7 Å². The number of aromatic hydroxyl groups is 1. The molecule has 1 aromatic carbocycles. The van der Waals surface area contributed by atoms with Crippen LogP contribution in [0, 0.1) is 0 Å². The molecule has 1 aromatic heterocycles. The van der Waals surface area contributed by atoms with Gasteiger partial charge in [-0.25, -0.2) is 0 Å². The van der Waals surface area contributed by atoms with Gasteiger partial charge in [0.15, 0.2) is 11.3 Å². The molecule has 0 atom stereocenters. The van der Waals surface area contributed by atoms with Gasteiger partial charge in [-0.1, -0.05) is 0 Å². The van der Waals surface area contributed by atoms with E-state index in [2.05, 4.69) is 4.99 Å². The first-order valence-corrected chi connectivity index (χ1v) is 6.12. The molecule has 2 rings (SSSR count). The number of phenolic OH excluding ortho intramolecular Hbond substituents is 1. The molecule has 108 valence electrons.